The Balaban J connectivity index is 1.71. The van der Waals surface area contributed by atoms with Crippen LogP contribution in [0, 0.1) is 0 Å². The number of hydrogen-bond acceptors (Lipinski definition) is 2. The van der Waals surface area contributed by atoms with Gasteiger partial charge in [-0.05, 0) is 42.5 Å². The second-order valence-electron chi connectivity index (χ2n) is 8.18. The molecule has 2 aromatic heterocycles. The van der Waals surface area contributed by atoms with Crippen molar-refractivity contribution in [3.05, 3.63) is 99.9 Å². The molecule has 0 saturated carbocycles. The summed E-state index contributed by atoms with van der Waals surface area (Å²) in [5.74, 6) is 0. The largest absolute Gasteiger partial charge is 0.308 e. The molecule has 0 aliphatic carbocycles. The molecule has 33 heavy (non-hydrogen) atoms. The molecule has 0 amide bonds. The van der Waals surface area contributed by atoms with Gasteiger partial charge in [0.1, 0.15) is 0 Å². The van der Waals surface area contributed by atoms with E-state index in [2.05, 4.69) is 103 Å². The number of nitrogens with zero attached hydrogens (tertiary/aromatic N) is 3. The molecule has 0 bridgehead atoms. The summed E-state index contributed by atoms with van der Waals surface area (Å²) in [6, 6.07) is 31.7. The Labute approximate surface area is 205 Å². The first kappa shape index (κ1) is 19.2. The van der Waals surface area contributed by atoms with Crippen molar-refractivity contribution in [2.24, 2.45) is 0 Å². The van der Waals surface area contributed by atoms with E-state index in [-0.39, 0.29) is 0 Å². The van der Waals surface area contributed by atoms with Gasteiger partial charge in [-0.2, -0.15) is 0 Å². The average Bonchev–Trinajstić information content (AvgIpc) is 3.14. The van der Waals surface area contributed by atoms with Crippen LogP contribution in [-0.4, -0.2) is 14.5 Å². The van der Waals surface area contributed by atoms with E-state index in [4.69, 9.17) is 9.97 Å². The fourth-order valence-corrected chi connectivity index (χ4v) is 5.54. The van der Waals surface area contributed by atoms with Crippen molar-refractivity contribution in [2.45, 2.75) is 0 Å². The number of halogens is 2. The van der Waals surface area contributed by atoms with E-state index in [0.29, 0.717) is 0 Å². The third kappa shape index (κ3) is 2.86. The maximum Gasteiger partial charge on any atom is 0.0974 e. The van der Waals surface area contributed by atoms with Crippen LogP contribution in [0.5, 0.6) is 0 Å². The minimum absolute atomic E-state index is 0.891. The van der Waals surface area contributed by atoms with E-state index >= 15 is 0 Å². The topological polar surface area (TPSA) is 30.7 Å². The van der Waals surface area contributed by atoms with Gasteiger partial charge in [-0.1, -0.05) is 80.4 Å². The zero-order valence-corrected chi connectivity index (χ0v) is 20.4. The standard InChI is InChI=1S/C28H15Br2N3/c29-16-9-11-19-20-12-10-17(30)14-26(20)33(25(19)13-16)27-15-24-28(21-6-2-1-5-18(21)27)32-23-8-4-3-7-22(23)31-24/h1-15H. The first-order valence-electron chi connectivity index (χ1n) is 10.7. The summed E-state index contributed by atoms with van der Waals surface area (Å²) in [7, 11) is 0. The van der Waals surface area contributed by atoms with E-state index in [1.165, 1.54) is 10.8 Å². The number of fused-ring (bicyclic) bond motifs is 7. The minimum Gasteiger partial charge on any atom is -0.308 e. The Morgan fingerprint density at radius 1 is 0.515 bits per heavy atom. The van der Waals surface area contributed by atoms with Gasteiger partial charge < -0.3 is 4.57 Å². The van der Waals surface area contributed by atoms with E-state index in [1.54, 1.807) is 0 Å². The van der Waals surface area contributed by atoms with Gasteiger partial charge in [-0.25, -0.2) is 9.97 Å². The van der Waals surface area contributed by atoms with Gasteiger partial charge in [0.25, 0.3) is 0 Å². The van der Waals surface area contributed by atoms with E-state index < -0.39 is 0 Å². The summed E-state index contributed by atoms with van der Waals surface area (Å²) >= 11 is 7.37. The molecule has 0 radical (unpaired) electrons. The number of rotatable bonds is 1. The maximum atomic E-state index is 5.00. The first-order valence-corrected chi connectivity index (χ1v) is 12.2. The predicted molar refractivity (Wildman–Crippen MR) is 144 cm³/mol. The number of benzene rings is 5. The van der Waals surface area contributed by atoms with E-state index in [1.807, 2.05) is 24.3 Å². The highest BCUT2D eigenvalue weighted by molar-refractivity contribution is 9.10. The molecule has 3 nitrogen and oxygen atoms in total. The lowest BCUT2D eigenvalue weighted by atomic mass is 10.1. The van der Waals surface area contributed by atoms with Gasteiger partial charge in [-0.15, -0.1) is 0 Å². The predicted octanol–water partition coefficient (Wildman–Crippen LogP) is 8.56. The van der Waals surface area contributed by atoms with Crippen molar-refractivity contribution in [1.29, 1.82) is 0 Å². The molecule has 7 rings (SSSR count). The average molecular weight is 553 g/mol. The molecule has 0 unspecified atom stereocenters. The Morgan fingerprint density at radius 2 is 1.09 bits per heavy atom. The van der Waals surface area contributed by atoms with Gasteiger partial charge in [0, 0.05) is 30.5 Å². The third-order valence-electron chi connectivity index (χ3n) is 6.26. The Hall–Kier alpha value is -3.28. The van der Waals surface area contributed by atoms with Crippen molar-refractivity contribution >= 4 is 86.5 Å². The van der Waals surface area contributed by atoms with Crippen LogP contribution in [-0.2, 0) is 0 Å². The first-order chi connectivity index (χ1) is 16.2. The second-order valence-corrected chi connectivity index (χ2v) is 10.0. The molecule has 0 aliphatic rings. The summed E-state index contributed by atoms with van der Waals surface area (Å²) in [6.45, 7) is 0. The molecular formula is C28H15Br2N3. The van der Waals surface area contributed by atoms with Crippen molar-refractivity contribution in [2.75, 3.05) is 0 Å². The van der Waals surface area contributed by atoms with Gasteiger partial charge in [-0.3, -0.25) is 0 Å². The summed E-state index contributed by atoms with van der Waals surface area (Å²) < 4.78 is 4.45. The zero-order valence-electron chi connectivity index (χ0n) is 17.3. The Morgan fingerprint density at radius 3 is 1.76 bits per heavy atom. The highest BCUT2D eigenvalue weighted by Crippen LogP contribution is 2.38. The highest BCUT2D eigenvalue weighted by atomic mass is 79.9. The third-order valence-corrected chi connectivity index (χ3v) is 7.25. The van der Waals surface area contributed by atoms with Crippen molar-refractivity contribution in [3.8, 4) is 5.69 Å². The van der Waals surface area contributed by atoms with Crippen molar-refractivity contribution < 1.29 is 0 Å². The molecule has 5 heteroatoms. The molecule has 0 fully saturated rings. The molecular weight excluding hydrogens is 538 g/mol. The molecule has 2 heterocycles. The monoisotopic (exact) mass is 551 g/mol. The lowest BCUT2D eigenvalue weighted by Gasteiger charge is -2.14. The molecule has 5 aromatic carbocycles. The van der Waals surface area contributed by atoms with Crippen LogP contribution in [0.25, 0.3) is 60.3 Å². The maximum absolute atomic E-state index is 5.00. The van der Waals surface area contributed by atoms with E-state index in [9.17, 15) is 0 Å². The van der Waals surface area contributed by atoms with Crippen LogP contribution in [0.3, 0.4) is 0 Å². The lowest BCUT2D eigenvalue weighted by Crippen LogP contribution is -1.98. The van der Waals surface area contributed by atoms with Gasteiger partial charge in [0.05, 0.1) is 38.8 Å². The van der Waals surface area contributed by atoms with Crippen molar-refractivity contribution in [3.63, 3.8) is 0 Å². The summed E-state index contributed by atoms with van der Waals surface area (Å²) in [5, 5.41) is 4.68. The summed E-state index contributed by atoms with van der Waals surface area (Å²) in [5.41, 5.74) is 7.02. The van der Waals surface area contributed by atoms with Crippen LogP contribution >= 0.6 is 31.9 Å². The van der Waals surface area contributed by atoms with Crippen molar-refractivity contribution in [1.82, 2.24) is 14.5 Å². The normalized spacial score (nSPS) is 11.9. The van der Waals surface area contributed by atoms with Crippen LogP contribution in [0.15, 0.2) is 99.9 Å². The van der Waals surface area contributed by atoms with Crippen LogP contribution in [0.4, 0.5) is 0 Å². The van der Waals surface area contributed by atoms with Gasteiger partial charge in [0.2, 0.25) is 0 Å². The van der Waals surface area contributed by atoms with Gasteiger partial charge in [0.15, 0.2) is 0 Å². The number of hydrogen-bond donors (Lipinski definition) is 0. The summed E-state index contributed by atoms with van der Waals surface area (Å²) in [4.78, 5) is 9.99. The smallest absolute Gasteiger partial charge is 0.0974 e. The second kappa shape index (κ2) is 7.11. The zero-order chi connectivity index (χ0) is 22.1. The number of para-hydroxylation sites is 2. The molecule has 156 valence electrons. The minimum atomic E-state index is 0.891. The molecule has 0 aliphatic heterocycles. The van der Waals surface area contributed by atoms with Crippen LogP contribution in [0.2, 0.25) is 0 Å². The molecule has 7 aromatic rings. The molecule has 0 N–H and O–H groups in total. The number of aromatic nitrogens is 3. The van der Waals surface area contributed by atoms with E-state index in [0.717, 1.165) is 58.5 Å². The Bertz CT molecular complexity index is 1840. The quantitative estimate of drug-likeness (QED) is 0.151. The fourth-order valence-electron chi connectivity index (χ4n) is 4.84. The molecule has 0 spiro atoms. The SMILES string of the molecule is Brc1ccc2c3ccc(Br)cc3n(-c3cc4nc5ccccc5nc4c4ccccc34)c2c1. The van der Waals surface area contributed by atoms with Gasteiger partial charge >= 0.3 is 0 Å². The molecule has 0 saturated heterocycles. The molecule has 0 atom stereocenters. The van der Waals surface area contributed by atoms with Crippen LogP contribution < -0.4 is 0 Å². The Kier molecular flexibility index (Phi) is 4.14. The van der Waals surface area contributed by atoms with Crippen LogP contribution in [0.1, 0.15) is 0 Å². The lowest BCUT2D eigenvalue weighted by molar-refractivity contribution is 1.20. The summed E-state index contributed by atoms with van der Waals surface area (Å²) in [6.07, 6.45) is 0. The fraction of sp³-hybridized carbons (Fsp3) is 0. The highest BCUT2D eigenvalue weighted by Gasteiger charge is 2.17.